The van der Waals surface area contributed by atoms with Crippen LogP contribution in [-0.2, 0) is 21.2 Å². The molecular weight excluding hydrogens is 424 g/mol. The molecule has 0 radical (unpaired) electrons. The van der Waals surface area contributed by atoms with Crippen LogP contribution in [0.15, 0.2) is 35.2 Å². The van der Waals surface area contributed by atoms with Crippen molar-refractivity contribution < 1.29 is 32.2 Å². The van der Waals surface area contributed by atoms with Gasteiger partial charge in [-0.1, -0.05) is 0 Å². The SMILES string of the molecule is CCOc1ccc(NC(=O)Cc2cc(OC)c(OC)c(OC)c2)cc1S(=O)(=O)N(C)C. The summed E-state index contributed by atoms with van der Waals surface area (Å²) in [6, 6.07) is 7.86. The predicted molar refractivity (Wildman–Crippen MR) is 117 cm³/mol. The fourth-order valence-corrected chi connectivity index (χ4v) is 3.94. The lowest BCUT2D eigenvalue weighted by Gasteiger charge is -2.17. The maximum absolute atomic E-state index is 12.7. The average Bonchev–Trinajstić information content (AvgIpc) is 2.73. The van der Waals surface area contributed by atoms with Gasteiger partial charge in [-0.2, -0.15) is 0 Å². The minimum atomic E-state index is -3.76. The number of anilines is 1. The third-order valence-corrected chi connectivity index (χ3v) is 6.21. The Balaban J connectivity index is 2.30. The van der Waals surface area contributed by atoms with E-state index in [9.17, 15) is 13.2 Å². The highest BCUT2D eigenvalue weighted by Gasteiger charge is 2.23. The van der Waals surface area contributed by atoms with Gasteiger partial charge in [0.1, 0.15) is 10.6 Å². The Morgan fingerprint density at radius 1 is 0.968 bits per heavy atom. The Bertz CT molecular complexity index is 1010. The van der Waals surface area contributed by atoms with Crippen LogP contribution in [0, 0.1) is 0 Å². The van der Waals surface area contributed by atoms with E-state index in [1.807, 2.05) is 0 Å². The maximum atomic E-state index is 12.7. The molecule has 0 aromatic heterocycles. The summed E-state index contributed by atoms with van der Waals surface area (Å²) >= 11 is 0. The van der Waals surface area contributed by atoms with Crippen molar-refractivity contribution in [3.05, 3.63) is 35.9 Å². The first kappa shape index (κ1) is 24.3. The first-order valence-electron chi connectivity index (χ1n) is 9.46. The molecule has 10 heteroatoms. The highest BCUT2D eigenvalue weighted by molar-refractivity contribution is 7.89. The van der Waals surface area contributed by atoms with Crippen molar-refractivity contribution in [1.29, 1.82) is 0 Å². The molecule has 1 N–H and O–H groups in total. The molecule has 0 aliphatic rings. The summed E-state index contributed by atoms with van der Waals surface area (Å²) in [5.74, 6) is 1.18. The number of hydrogen-bond donors (Lipinski definition) is 1. The lowest BCUT2D eigenvalue weighted by Crippen LogP contribution is -2.23. The summed E-state index contributed by atoms with van der Waals surface area (Å²) in [4.78, 5) is 12.6. The highest BCUT2D eigenvalue weighted by atomic mass is 32.2. The Kier molecular flexibility index (Phi) is 8.12. The minimum absolute atomic E-state index is 0.0136. The number of carbonyl (C=O) groups is 1. The molecular formula is C21H28N2O7S. The maximum Gasteiger partial charge on any atom is 0.246 e. The molecule has 0 bridgehead atoms. The van der Waals surface area contributed by atoms with Crippen molar-refractivity contribution in [1.82, 2.24) is 4.31 Å². The molecule has 0 aliphatic heterocycles. The van der Waals surface area contributed by atoms with Gasteiger partial charge < -0.3 is 24.3 Å². The number of benzene rings is 2. The number of nitrogens with one attached hydrogen (secondary N) is 1. The molecule has 2 rings (SSSR count). The van der Waals surface area contributed by atoms with Gasteiger partial charge in [-0.25, -0.2) is 12.7 Å². The lowest BCUT2D eigenvalue weighted by molar-refractivity contribution is -0.115. The number of methoxy groups -OCH3 is 3. The number of carbonyl (C=O) groups excluding carboxylic acids is 1. The van der Waals surface area contributed by atoms with E-state index in [4.69, 9.17) is 18.9 Å². The molecule has 0 saturated heterocycles. The van der Waals surface area contributed by atoms with E-state index in [2.05, 4.69) is 5.32 Å². The quantitative estimate of drug-likeness (QED) is 0.591. The van der Waals surface area contributed by atoms with E-state index in [0.29, 0.717) is 35.1 Å². The van der Waals surface area contributed by atoms with Crippen molar-refractivity contribution in [2.45, 2.75) is 18.2 Å². The second kappa shape index (κ2) is 10.4. The van der Waals surface area contributed by atoms with Gasteiger partial charge in [-0.3, -0.25) is 4.79 Å². The van der Waals surface area contributed by atoms with Crippen LogP contribution in [0.5, 0.6) is 23.0 Å². The van der Waals surface area contributed by atoms with Crippen LogP contribution in [0.1, 0.15) is 12.5 Å². The second-order valence-electron chi connectivity index (χ2n) is 6.64. The molecule has 0 heterocycles. The first-order valence-corrected chi connectivity index (χ1v) is 10.9. The normalized spacial score (nSPS) is 11.2. The first-order chi connectivity index (χ1) is 14.7. The third-order valence-electron chi connectivity index (χ3n) is 4.38. The zero-order chi connectivity index (χ0) is 23.2. The molecule has 0 atom stereocenters. The summed E-state index contributed by atoms with van der Waals surface area (Å²) in [5, 5.41) is 2.72. The average molecular weight is 453 g/mol. The van der Waals surface area contributed by atoms with Crippen LogP contribution in [-0.4, -0.2) is 60.7 Å². The van der Waals surface area contributed by atoms with Crippen LogP contribution < -0.4 is 24.3 Å². The van der Waals surface area contributed by atoms with Gasteiger partial charge >= 0.3 is 0 Å². The van der Waals surface area contributed by atoms with Gasteiger partial charge in [-0.15, -0.1) is 0 Å². The molecule has 0 unspecified atom stereocenters. The van der Waals surface area contributed by atoms with Gasteiger partial charge in [0.05, 0.1) is 34.4 Å². The van der Waals surface area contributed by atoms with E-state index in [1.54, 1.807) is 25.1 Å². The van der Waals surface area contributed by atoms with Gasteiger partial charge in [-0.05, 0) is 42.8 Å². The zero-order valence-electron chi connectivity index (χ0n) is 18.5. The van der Waals surface area contributed by atoms with Gasteiger partial charge in [0.2, 0.25) is 21.7 Å². The summed E-state index contributed by atoms with van der Waals surface area (Å²) < 4.78 is 47.7. The fourth-order valence-electron chi connectivity index (χ4n) is 2.89. The monoisotopic (exact) mass is 452 g/mol. The highest BCUT2D eigenvalue weighted by Crippen LogP contribution is 2.38. The van der Waals surface area contributed by atoms with Gasteiger partial charge in [0, 0.05) is 19.8 Å². The second-order valence-corrected chi connectivity index (χ2v) is 8.76. The third kappa shape index (κ3) is 5.59. The summed E-state index contributed by atoms with van der Waals surface area (Å²) in [7, 11) is 3.59. The number of rotatable bonds is 10. The molecule has 9 nitrogen and oxygen atoms in total. The topological polar surface area (TPSA) is 103 Å². The zero-order valence-corrected chi connectivity index (χ0v) is 19.3. The van der Waals surface area contributed by atoms with Gasteiger partial charge in [0.25, 0.3) is 0 Å². The largest absolute Gasteiger partial charge is 0.493 e. The standard InChI is InChI=1S/C21H28N2O7S/c1-7-30-16-9-8-15(13-19(16)31(25,26)23(2)3)22-20(24)12-14-10-17(27-4)21(29-6)18(11-14)28-5/h8-11,13H,7,12H2,1-6H3,(H,22,24). The van der Waals surface area contributed by atoms with Crippen LogP contribution in [0.4, 0.5) is 5.69 Å². The van der Waals surface area contributed by atoms with Crippen LogP contribution in [0.2, 0.25) is 0 Å². The van der Waals surface area contributed by atoms with Crippen molar-refractivity contribution in [3.8, 4) is 23.0 Å². The van der Waals surface area contributed by atoms with E-state index < -0.39 is 10.0 Å². The van der Waals surface area contributed by atoms with Crippen molar-refractivity contribution in [3.63, 3.8) is 0 Å². The van der Waals surface area contributed by atoms with E-state index in [0.717, 1.165) is 4.31 Å². The number of sulfonamides is 1. The lowest BCUT2D eigenvalue weighted by atomic mass is 10.1. The molecule has 0 fully saturated rings. The van der Waals surface area contributed by atoms with Crippen LogP contribution in [0.3, 0.4) is 0 Å². The van der Waals surface area contributed by atoms with E-state index in [-0.39, 0.29) is 23.0 Å². The molecule has 31 heavy (non-hydrogen) atoms. The van der Waals surface area contributed by atoms with Crippen LogP contribution in [0.25, 0.3) is 0 Å². The van der Waals surface area contributed by atoms with E-state index in [1.165, 1.54) is 47.6 Å². The Hall–Kier alpha value is -2.98. The Labute approximate surface area is 182 Å². The molecule has 0 spiro atoms. The molecule has 1 amide bonds. The molecule has 0 saturated carbocycles. The molecule has 2 aromatic rings. The predicted octanol–water partition coefficient (Wildman–Crippen LogP) is 2.54. The van der Waals surface area contributed by atoms with Crippen molar-refractivity contribution >= 4 is 21.6 Å². The van der Waals surface area contributed by atoms with Crippen molar-refractivity contribution in [2.24, 2.45) is 0 Å². The molecule has 0 aliphatic carbocycles. The van der Waals surface area contributed by atoms with E-state index >= 15 is 0 Å². The minimum Gasteiger partial charge on any atom is -0.493 e. The number of hydrogen-bond acceptors (Lipinski definition) is 7. The number of amides is 1. The van der Waals surface area contributed by atoms with Crippen molar-refractivity contribution in [2.75, 3.05) is 47.3 Å². The smallest absolute Gasteiger partial charge is 0.246 e. The Morgan fingerprint density at radius 3 is 2.06 bits per heavy atom. The molecule has 2 aromatic carbocycles. The summed E-state index contributed by atoms with van der Waals surface area (Å²) in [5.41, 5.74) is 0.973. The van der Waals surface area contributed by atoms with Gasteiger partial charge in [0.15, 0.2) is 11.5 Å². The van der Waals surface area contributed by atoms with Crippen LogP contribution >= 0.6 is 0 Å². The fraction of sp³-hybridized carbons (Fsp3) is 0.381. The number of nitrogens with zero attached hydrogens (tertiary/aromatic N) is 1. The summed E-state index contributed by atoms with van der Waals surface area (Å²) in [6.07, 6.45) is 0.0136. The molecule has 170 valence electrons. The summed E-state index contributed by atoms with van der Waals surface area (Å²) in [6.45, 7) is 2.07. The number of ether oxygens (including phenoxy) is 4. The Morgan fingerprint density at radius 2 is 1.58 bits per heavy atom.